The SMILES string of the molecule is COc1cccc(CNC(=O)CCCN2C(=O)C3C=C4OCOC4=CC3=NC2=S)c1. The van der Waals surface area contributed by atoms with Crippen molar-refractivity contribution in [2.75, 3.05) is 20.4 Å². The van der Waals surface area contributed by atoms with Crippen LogP contribution in [0.2, 0.25) is 0 Å². The zero-order valence-electron chi connectivity index (χ0n) is 16.4. The molecule has 1 N–H and O–H groups in total. The first-order chi connectivity index (χ1) is 14.5. The molecule has 4 rings (SSSR count). The second-order valence-corrected chi connectivity index (χ2v) is 7.33. The number of carbonyl (C=O) groups is 2. The first kappa shape index (κ1) is 20.1. The van der Waals surface area contributed by atoms with E-state index < -0.39 is 5.92 Å². The van der Waals surface area contributed by atoms with E-state index in [9.17, 15) is 9.59 Å². The molecule has 8 nitrogen and oxygen atoms in total. The monoisotopic (exact) mass is 427 g/mol. The Morgan fingerprint density at radius 3 is 3.03 bits per heavy atom. The molecule has 1 aromatic carbocycles. The Bertz CT molecular complexity index is 985. The predicted molar refractivity (Wildman–Crippen MR) is 113 cm³/mol. The Balaban J connectivity index is 1.29. The molecule has 2 amide bonds. The fourth-order valence-corrected chi connectivity index (χ4v) is 3.70. The highest BCUT2D eigenvalue weighted by molar-refractivity contribution is 7.80. The largest absolute Gasteiger partial charge is 0.497 e. The van der Waals surface area contributed by atoms with E-state index in [0.29, 0.717) is 36.7 Å². The maximum Gasteiger partial charge on any atom is 0.241 e. The summed E-state index contributed by atoms with van der Waals surface area (Å²) in [5.41, 5.74) is 1.51. The smallest absolute Gasteiger partial charge is 0.241 e. The molecule has 1 atom stereocenters. The molecule has 1 aromatic rings. The number of carbonyl (C=O) groups excluding carboxylic acids is 2. The number of fused-ring (bicyclic) bond motifs is 2. The molecular formula is C21H21N3O5S. The fourth-order valence-electron chi connectivity index (χ4n) is 3.41. The predicted octanol–water partition coefficient (Wildman–Crippen LogP) is 2.06. The number of benzene rings is 1. The lowest BCUT2D eigenvalue weighted by molar-refractivity contribution is -0.129. The van der Waals surface area contributed by atoms with Gasteiger partial charge in [-0.05, 0) is 42.4 Å². The van der Waals surface area contributed by atoms with Gasteiger partial charge in [0.15, 0.2) is 11.5 Å². The Kier molecular flexibility index (Phi) is 5.80. The zero-order chi connectivity index (χ0) is 21.1. The van der Waals surface area contributed by atoms with Crippen molar-refractivity contribution in [2.24, 2.45) is 10.9 Å². The average Bonchev–Trinajstić information content (AvgIpc) is 3.21. The number of nitrogens with zero attached hydrogens (tertiary/aromatic N) is 2. The zero-order valence-corrected chi connectivity index (χ0v) is 17.2. The normalized spacial score (nSPS) is 19.6. The van der Waals surface area contributed by atoms with Crippen LogP contribution in [0.5, 0.6) is 5.75 Å². The van der Waals surface area contributed by atoms with E-state index in [1.807, 2.05) is 24.3 Å². The number of allylic oxidation sites excluding steroid dienone is 1. The molecule has 0 spiro atoms. The van der Waals surface area contributed by atoms with Gasteiger partial charge in [-0.15, -0.1) is 0 Å². The van der Waals surface area contributed by atoms with Crippen LogP contribution in [0.15, 0.2) is 52.9 Å². The van der Waals surface area contributed by atoms with Crippen LogP contribution in [0.3, 0.4) is 0 Å². The van der Waals surface area contributed by atoms with E-state index in [1.165, 1.54) is 4.90 Å². The Hall–Kier alpha value is -3.20. The van der Waals surface area contributed by atoms with Gasteiger partial charge in [-0.2, -0.15) is 0 Å². The minimum atomic E-state index is -0.543. The molecule has 2 aliphatic heterocycles. The van der Waals surface area contributed by atoms with Gasteiger partial charge in [0, 0.05) is 25.6 Å². The molecule has 1 aliphatic carbocycles. The summed E-state index contributed by atoms with van der Waals surface area (Å²) in [6, 6.07) is 7.51. The molecule has 9 heteroatoms. The maximum absolute atomic E-state index is 12.9. The van der Waals surface area contributed by atoms with Crippen LogP contribution in [0.25, 0.3) is 0 Å². The first-order valence-electron chi connectivity index (χ1n) is 9.58. The summed E-state index contributed by atoms with van der Waals surface area (Å²) in [7, 11) is 1.60. The van der Waals surface area contributed by atoms with Gasteiger partial charge in [0.2, 0.25) is 23.7 Å². The molecule has 0 aromatic heterocycles. The second-order valence-electron chi connectivity index (χ2n) is 6.96. The van der Waals surface area contributed by atoms with Crippen LogP contribution >= 0.6 is 12.2 Å². The van der Waals surface area contributed by atoms with Gasteiger partial charge in [-0.3, -0.25) is 14.5 Å². The maximum atomic E-state index is 12.9. The molecule has 0 bridgehead atoms. The number of aliphatic imine (C=N–C) groups is 1. The third kappa shape index (κ3) is 4.20. The molecule has 30 heavy (non-hydrogen) atoms. The number of thiocarbonyl (C=S) groups is 1. The highest BCUT2D eigenvalue weighted by atomic mass is 32.1. The summed E-state index contributed by atoms with van der Waals surface area (Å²) < 4.78 is 15.9. The van der Waals surface area contributed by atoms with Crippen LogP contribution in [0.1, 0.15) is 18.4 Å². The Labute approximate surface area is 179 Å². The highest BCUT2D eigenvalue weighted by Gasteiger charge is 2.38. The fraction of sp³-hybridized carbons (Fsp3) is 0.333. The van der Waals surface area contributed by atoms with Crippen molar-refractivity contribution in [3.63, 3.8) is 0 Å². The molecule has 1 fully saturated rings. The van der Waals surface area contributed by atoms with Crippen molar-refractivity contribution >= 4 is 34.9 Å². The molecule has 2 heterocycles. The average molecular weight is 427 g/mol. The second kappa shape index (κ2) is 8.66. The van der Waals surface area contributed by atoms with Crippen molar-refractivity contribution in [3.8, 4) is 5.75 Å². The van der Waals surface area contributed by atoms with E-state index in [2.05, 4.69) is 10.3 Å². The molecule has 1 unspecified atom stereocenters. The van der Waals surface area contributed by atoms with E-state index in [0.717, 1.165) is 11.3 Å². The van der Waals surface area contributed by atoms with Crippen LogP contribution in [-0.4, -0.2) is 48.0 Å². The molecular weight excluding hydrogens is 406 g/mol. The standard InChI is InChI=1S/C21H21N3O5S/c1-27-14-5-2-4-13(8-14)11-22-19(25)6-3-7-24-20(26)15-9-17-18(29-12-28-17)10-16(15)23-21(24)30/h2,4-5,8-10,15H,3,6-7,11-12H2,1H3,(H,22,25). The number of amides is 2. The summed E-state index contributed by atoms with van der Waals surface area (Å²) in [4.78, 5) is 30.9. The Morgan fingerprint density at radius 1 is 1.37 bits per heavy atom. The number of methoxy groups -OCH3 is 1. The van der Waals surface area contributed by atoms with E-state index in [4.69, 9.17) is 26.4 Å². The van der Waals surface area contributed by atoms with E-state index in [1.54, 1.807) is 19.3 Å². The molecule has 3 aliphatic rings. The summed E-state index contributed by atoms with van der Waals surface area (Å²) in [5.74, 6) is 1.06. The summed E-state index contributed by atoms with van der Waals surface area (Å²) in [6.45, 7) is 0.872. The molecule has 1 saturated heterocycles. The van der Waals surface area contributed by atoms with Crippen LogP contribution < -0.4 is 10.1 Å². The van der Waals surface area contributed by atoms with Crippen molar-refractivity contribution < 1.29 is 23.8 Å². The van der Waals surface area contributed by atoms with Crippen LogP contribution in [-0.2, 0) is 25.6 Å². The minimum absolute atomic E-state index is 0.0961. The van der Waals surface area contributed by atoms with Gasteiger partial charge in [0.05, 0.1) is 12.8 Å². The van der Waals surface area contributed by atoms with E-state index in [-0.39, 0.29) is 30.1 Å². The Morgan fingerprint density at radius 2 is 2.20 bits per heavy atom. The summed E-state index contributed by atoms with van der Waals surface area (Å²) >= 11 is 5.29. The quantitative estimate of drug-likeness (QED) is 0.670. The summed E-state index contributed by atoms with van der Waals surface area (Å²) in [6.07, 6.45) is 4.16. The lowest BCUT2D eigenvalue weighted by Crippen LogP contribution is -2.46. The van der Waals surface area contributed by atoms with Crippen LogP contribution in [0.4, 0.5) is 0 Å². The van der Waals surface area contributed by atoms with Gasteiger partial charge in [-0.1, -0.05) is 12.1 Å². The molecule has 0 saturated carbocycles. The number of ether oxygens (including phenoxy) is 3. The van der Waals surface area contributed by atoms with Crippen molar-refractivity contribution in [3.05, 3.63) is 53.5 Å². The van der Waals surface area contributed by atoms with Gasteiger partial charge in [0.25, 0.3) is 0 Å². The molecule has 0 radical (unpaired) electrons. The third-order valence-corrected chi connectivity index (χ3v) is 5.30. The number of hydrogen-bond acceptors (Lipinski definition) is 6. The topological polar surface area (TPSA) is 89.5 Å². The lowest BCUT2D eigenvalue weighted by atomic mass is 9.94. The number of rotatable bonds is 7. The van der Waals surface area contributed by atoms with Gasteiger partial charge < -0.3 is 19.5 Å². The highest BCUT2D eigenvalue weighted by Crippen LogP contribution is 2.31. The van der Waals surface area contributed by atoms with Crippen LogP contribution in [0, 0.1) is 5.92 Å². The van der Waals surface area contributed by atoms with Crippen molar-refractivity contribution in [1.82, 2.24) is 10.2 Å². The van der Waals surface area contributed by atoms with Gasteiger partial charge in [0.1, 0.15) is 11.7 Å². The van der Waals surface area contributed by atoms with Gasteiger partial charge >= 0.3 is 0 Å². The third-order valence-electron chi connectivity index (χ3n) is 4.98. The van der Waals surface area contributed by atoms with Crippen molar-refractivity contribution in [1.29, 1.82) is 0 Å². The number of hydrogen-bond donors (Lipinski definition) is 1. The lowest BCUT2D eigenvalue weighted by Gasteiger charge is -2.30. The van der Waals surface area contributed by atoms with Gasteiger partial charge in [-0.25, -0.2) is 4.99 Å². The number of nitrogens with one attached hydrogen (secondary N) is 1. The summed E-state index contributed by atoms with van der Waals surface area (Å²) in [5, 5.41) is 3.08. The van der Waals surface area contributed by atoms with Crippen molar-refractivity contribution in [2.45, 2.75) is 19.4 Å². The first-order valence-corrected chi connectivity index (χ1v) is 9.99. The molecule has 156 valence electrons. The van der Waals surface area contributed by atoms with E-state index >= 15 is 0 Å². The minimum Gasteiger partial charge on any atom is -0.497 e.